The van der Waals surface area contributed by atoms with Crippen LogP contribution in [-0.2, 0) is 35.7 Å². The number of hydrogen-bond acceptors (Lipinski definition) is 5. The zero-order valence-corrected chi connectivity index (χ0v) is 43.0. The van der Waals surface area contributed by atoms with Crippen LogP contribution in [0.3, 0.4) is 0 Å². The average Bonchev–Trinajstić information content (AvgIpc) is 3.82. The molecule has 2 amide bonds. The quantitative estimate of drug-likeness (QED) is 0.0930. The Hall–Kier alpha value is -6.02. The van der Waals surface area contributed by atoms with Gasteiger partial charge in [-0.15, -0.1) is 0 Å². The molecule has 4 atom stereocenters. The molecule has 2 aliphatic rings. The zero-order chi connectivity index (χ0) is 49.6. The lowest BCUT2D eigenvalue weighted by Gasteiger charge is -2.33. The van der Waals surface area contributed by atoms with Crippen LogP contribution in [0.5, 0.6) is 0 Å². The predicted molar refractivity (Wildman–Crippen MR) is 287 cm³/mol. The van der Waals surface area contributed by atoms with Crippen molar-refractivity contribution < 1.29 is 14.3 Å². The van der Waals surface area contributed by atoms with E-state index in [0.29, 0.717) is 11.8 Å². The van der Waals surface area contributed by atoms with E-state index in [0.717, 1.165) is 71.5 Å². The molecule has 2 saturated heterocycles. The van der Waals surface area contributed by atoms with Crippen molar-refractivity contribution in [1.29, 1.82) is 0 Å². The summed E-state index contributed by atoms with van der Waals surface area (Å²) in [6.45, 7) is 20.7. The first-order valence-electron chi connectivity index (χ1n) is 25.6. The second kappa shape index (κ2) is 24.2. The van der Waals surface area contributed by atoms with Crippen molar-refractivity contribution in [1.82, 2.24) is 20.0 Å². The van der Waals surface area contributed by atoms with Crippen molar-refractivity contribution in [3.05, 3.63) is 215 Å². The molecule has 8 rings (SSSR count). The highest BCUT2D eigenvalue weighted by Crippen LogP contribution is 2.43. The molecule has 0 saturated carbocycles. The first-order valence-corrected chi connectivity index (χ1v) is 25.6. The van der Waals surface area contributed by atoms with Crippen molar-refractivity contribution in [2.24, 2.45) is 11.8 Å². The molecule has 2 aliphatic heterocycles. The molecule has 4 unspecified atom stereocenters. The number of rotatable bonds is 18. The first kappa shape index (κ1) is 51.8. The van der Waals surface area contributed by atoms with E-state index in [1.165, 1.54) is 33.4 Å². The minimum absolute atomic E-state index is 0.0164. The molecule has 0 bridgehead atoms. The second-order valence-electron chi connectivity index (χ2n) is 22.0. The highest BCUT2D eigenvalue weighted by molar-refractivity contribution is 5.83. The molecule has 2 heterocycles. The largest absolute Gasteiger partial charge is 0.444 e. The lowest BCUT2D eigenvalue weighted by molar-refractivity contribution is -0.123. The highest BCUT2D eigenvalue weighted by Gasteiger charge is 2.46. The number of nitrogens with zero attached hydrogens (tertiary/aromatic N) is 3. The molecule has 368 valence electrons. The lowest BCUT2D eigenvalue weighted by atomic mass is 9.80. The van der Waals surface area contributed by atoms with E-state index >= 15 is 0 Å². The molecular weight excluding hydrogens is 861 g/mol. The van der Waals surface area contributed by atoms with Gasteiger partial charge in [0.15, 0.2) is 0 Å². The molecule has 2 fully saturated rings. The van der Waals surface area contributed by atoms with Gasteiger partial charge in [0.05, 0.1) is 0 Å². The van der Waals surface area contributed by atoms with E-state index in [1.54, 1.807) is 0 Å². The van der Waals surface area contributed by atoms with Crippen molar-refractivity contribution in [2.45, 2.75) is 129 Å². The number of amides is 2. The van der Waals surface area contributed by atoms with Crippen LogP contribution in [0.2, 0.25) is 0 Å². The first-order chi connectivity index (χ1) is 33.6. The Morgan fingerprint density at radius 1 is 0.571 bits per heavy atom. The van der Waals surface area contributed by atoms with Gasteiger partial charge in [0.1, 0.15) is 5.60 Å². The summed E-state index contributed by atoms with van der Waals surface area (Å²) in [5.74, 6) is 1.16. The molecule has 0 radical (unpaired) electrons. The maximum Gasteiger partial charge on any atom is 0.410 e. The fourth-order valence-corrected chi connectivity index (χ4v) is 10.8. The summed E-state index contributed by atoms with van der Waals surface area (Å²) >= 11 is 0. The summed E-state index contributed by atoms with van der Waals surface area (Å²) in [5.41, 5.74) is 7.05. The summed E-state index contributed by atoms with van der Waals surface area (Å²) in [6, 6.07) is 64.3. The maximum absolute atomic E-state index is 13.1. The van der Waals surface area contributed by atoms with Gasteiger partial charge < -0.3 is 15.0 Å². The fourth-order valence-electron chi connectivity index (χ4n) is 10.8. The molecular formula is C63H78N4O3. The van der Waals surface area contributed by atoms with Gasteiger partial charge in [0.25, 0.3) is 0 Å². The number of nitrogens with one attached hydrogen (secondary N) is 1. The molecule has 6 aromatic rings. The number of likely N-dealkylation sites (tertiary alicyclic amines) is 1. The Labute approximate surface area is 420 Å². The van der Waals surface area contributed by atoms with Crippen LogP contribution in [0, 0.1) is 11.8 Å². The van der Waals surface area contributed by atoms with Gasteiger partial charge in [-0.1, -0.05) is 182 Å². The zero-order valence-electron chi connectivity index (χ0n) is 43.0. The molecule has 0 spiro atoms. The van der Waals surface area contributed by atoms with E-state index < -0.39 is 5.60 Å². The molecule has 0 aromatic heterocycles. The van der Waals surface area contributed by atoms with Crippen LogP contribution in [0.15, 0.2) is 182 Å². The minimum atomic E-state index is -0.501. The Balaban J connectivity index is 0.000000209. The highest BCUT2D eigenvalue weighted by atomic mass is 16.6. The van der Waals surface area contributed by atoms with E-state index in [9.17, 15) is 9.59 Å². The van der Waals surface area contributed by atoms with E-state index in [4.69, 9.17) is 4.74 Å². The molecule has 70 heavy (non-hydrogen) atoms. The number of carbonyl (C=O) groups excluding carboxylic acids is 2. The number of hydrogen-bond donors (Lipinski definition) is 1. The van der Waals surface area contributed by atoms with Crippen LogP contribution >= 0.6 is 0 Å². The van der Waals surface area contributed by atoms with Gasteiger partial charge in [-0.3, -0.25) is 14.6 Å². The molecule has 6 aromatic carbocycles. The summed E-state index contributed by atoms with van der Waals surface area (Å²) in [5, 5.41) is 3.21. The second-order valence-corrected chi connectivity index (χ2v) is 22.0. The summed E-state index contributed by atoms with van der Waals surface area (Å²) in [6.07, 6.45) is 3.63. The fraction of sp³-hybridized carbons (Fsp3) is 0.397. The van der Waals surface area contributed by atoms with Gasteiger partial charge in [-0.25, -0.2) is 4.79 Å². The number of carbonyl (C=O) groups is 2. The molecule has 1 N–H and O–H groups in total. The van der Waals surface area contributed by atoms with Crippen LogP contribution in [0.4, 0.5) is 4.79 Å². The predicted octanol–water partition coefficient (Wildman–Crippen LogP) is 13.7. The summed E-state index contributed by atoms with van der Waals surface area (Å²) < 4.78 is 5.80. The number of ether oxygens (including phenoxy) is 1. The van der Waals surface area contributed by atoms with Crippen LogP contribution in [0.1, 0.15) is 119 Å². The van der Waals surface area contributed by atoms with E-state index in [1.807, 2.05) is 25.7 Å². The SMILES string of the molecule is CC(C)(C)OC(=O)N1CC(C(CCN(Cc2ccccc2)Cc2ccccc2)c2ccccc2)CC1(C)C.CC1(C)CC(C(CCN(Cc2ccccc2)Cc2ccccc2)c2ccccc2)C(=O)N1. The van der Waals surface area contributed by atoms with Gasteiger partial charge >= 0.3 is 6.09 Å². The van der Waals surface area contributed by atoms with Crippen molar-refractivity contribution in [3.63, 3.8) is 0 Å². The lowest BCUT2D eigenvalue weighted by Crippen LogP contribution is -2.45. The van der Waals surface area contributed by atoms with Crippen LogP contribution in [0.25, 0.3) is 0 Å². The monoisotopic (exact) mass is 939 g/mol. The third-order valence-electron chi connectivity index (χ3n) is 14.1. The summed E-state index contributed by atoms with van der Waals surface area (Å²) in [4.78, 5) is 33.1. The van der Waals surface area contributed by atoms with E-state index in [-0.39, 0.29) is 34.9 Å². The van der Waals surface area contributed by atoms with Gasteiger partial charge in [-0.05, 0) is 138 Å². The van der Waals surface area contributed by atoms with Crippen molar-refractivity contribution in [2.75, 3.05) is 19.6 Å². The van der Waals surface area contributed by atoms with Crippen molar-refractivity contribution in [3.8, 4) is 0 Å². The van der Waals surface area contributed by atoms with Gasteiger partial charge in [0, 0.05) is 49.7 Å². The van der Waals surface area contributed by atoms with E-state index in [2.05, 4.69) is 225 Å². The maximum atomic E-state index is 13.1. The molecule has 7 nitrogen and oxygen atoms in total. The third-order valence-corrected chi connectivity index (χ3v) is 14.1. The molecule has 0 aliphatic carbocycles. The normalized spacial score (nSPS) is 18.2. The Morgan fingerprint density at radius 3 is 1.29 bits per heavy atom. The smallest absolute Gasteiger partial charge is 0.410 e. The Morgan fingerprint density at radius 2 is 0.929 bits per heavy atom. The van der Waals surface area contributed by atoms with Crippen LogP contribution < -0.4 is 5.32 Å². The minimum Gasteiger partial charge on any atom is -0.444 e. The Kier molecular flexibility index (Phi) is 17.9. The topological polar surface area (TPSA) is 65.1 Å². The molecule has 7 heteroatoms. The van der Waals surface area contributed by atoms with Crippen molar-refractivity contribution >= 4 is 12.0 Å². The summed E-state index contributed by atoms with van der Waals surface area (Å²) in [7, 11) is 0. The Bertz CT molecular complexity index is 2390. The average molecular weight is 939 g/mol. The van der Waals surface area contributed by atoms with Gasteiger partial charge in [0.2, 0.25) is 5.91 Å². The van der Waals surface area contributed by atoms with Crippen LogP contribution in [-0.4, -0.2) is 63.0 Å². The third kappa shape index (κ3) is 15.5. The van der Waals surface area contributed by atoms with Gasteiger partial charge in [-0.2, -0.15) is 0 Å². The number of benzene rings is 6. The standard InChI is InChI=1S/C34H44N2O2.C29H34N2O/c1-33(2,3)38-32(37)36-26-30(23-34(36,4)5)31(29-19-13-8-14-20-29)21-22-35(24-27-15-9-6-10-16-27)25-28-17-11-7-12-18-28;1-29(2)20-27(28(32)30-29)26(25-16-10-5-11-17-25)18-19-31(21-23-12-6-3-7-13-23)22-24-14-8-4-9-15-24/h6-20,30-31H,21-26H2,1-5H3;3-17,26-27H,18-22H2,1-2H3,(H,30,32).